The molecule has 0 aromatic heterocycles. The number of carbonyl (C=O) groups excluding carboxylic acids is 1. The summed E-state index contributed by atoms with van der Waals surface area (Å²) in [5, 5.41) is 2.78. The predicted octanol–water partition coefficient (Wildman–Crippen LogP) is 2.42. The summed E-state index contributed by atoms with van der Waals surface area (Å²) in [5.74, 6) is -0.766. The van der Waals surface area contributed by atoms with E-state index < -0.39 is 21.5 Å². The SMILES string of the molecule is Cc1ccc(CC(C)NC(=O)CS(=O)(=O)CC(C)C)c(C)c1. The second-order valence-electron chi connectivity index (χ2n) is 6.55. The van der Waals surface area contributed by atoms with Crippen molar-refractivity contribution >= 4 is 15.7 Å². The molecule has 1 rings (SSSR count). The number of sulfone groups is 1. The van der Waals surface area contributed by atoms with E-state index in [1.54, 1.807) is 0 Å². The maximum Gasteiger partial charge on any atom is 0.235 e. The second kappa shape index (κ2) is 7.77. The Balaban J connectivity index is 2.57. The fourth-order valence-electron chi connectivity index (χ4n) is 2.54. The van der Waals surface area contributed by atoms with Gasteiger partial charge in [-0.3, -0.25) is 4.79 Å². The van der Waals surface area contributed by atoms with Crippen molar-refractivity contribution in [3.8, 4) is 0 Å². The maximum atomic E-state index is 11.9. The fourth-order valence-corrected chi connectivity index (χ4v) is 4.16. The van der Waals surface area contributed by atoms with Crippen molar-refractivity contribution in [1.82, 2.24) is 5.32 Å². The van der Waals surface area contributed by atoms with Gasteiger partial charge in [0.05, 0.1) is 5.75 Å². The lowest BCUT2D eigenvalue weighted by atomic mass is 10.00. The molecule has 1 atom stereocenters. The van der Waals surface area contributed by atoms with E-state index in [9.17, 15) is 13.2 Å². The number of benzene rings is 1. The molecule has 0 radical (unpaired) electrons. The average Bonchev–Trinajstić information content (AvgIpc) is 2.29. The summed E-state index contributed by atoms with van der Waals surface area (Å²) in [4.78, 5) is 11.9. The summed E-state index contributed by atoms with van der Waals surface area (Å²) in [6.45, 7) is 9.65. The third-order valence-electron chi connectivity index (χ3n) is 3.37. The van der Waals surface area contributed by atoms with E-state index in [-0.39, 0.29) is 17.7 Å². The topological polar surface area (TPSA) is 63.2 Å². The van der Waals surface area contributed by atoms with Crippen molar-refractivity contribution in [2.45, 2.75) is 47.1 Å². The molecule has 0 spiro atoms. The zero-order valence-corrected chi connectivity index (χ0v) is 15.0. The molecule has 0 aliphatic rings. The Morgan fingerprint density at radius 1 is 1.18 bits per heavy atom. The van der Waals surface area contributed by atoms with Gasteiger partial charge in [0.2, 0.25) is 5.91 Å². The maximum absolute atomic E-state index is 11.9. The summed E-state index contributed by atoms with van der Waals surface area (Å²) < 4.78 is 23.6. The van der Waals surface area contributed by atoms with Crippen molar-refractivity contribution in [3.05, 3.63) is 34.9 Å². The van der Waals surface area contributed by atoms with Crippen LogP contribution in [0.2, 0.25) is 0 Å². The number of rotatable bonds is 7. The van der Waals surface area contributed by atoms with Crippen molar-refractivity contribution in [2.75, 3.05) is 11.5 Å². The van der Waals surface area contributed by atoms with Gasteiger partial charge >= 0.3 is 0 Å². The van der Waals surface area contributed by atoms with Crippen LogP contribution >= 0.6 is 0 Å². The van der Waals surface area contributed by atoms with Crippen LogP contribution in [0.3, 0.4) is 0 Å². The van der Waals surface area contributed by atoms with E-state index >= 15 is 0 Å². The van der Waals surface area contributed by atoms with Crippen LogP contribution in [0.25, 0.3) is 0 Å². The van der Waals surface area contributed by atoms with E-state index in [0.29, 0.717) is 6.42 Å². The van der Waals surface area contributed by atoms with Crippen LogP contribution in [0.5, 0.6) is 0 Å². The number of hydrogen-bond acceptors (Lipinski definition) is 3. The number of hydrogen-bond donors (Lipinski definition) is 1. The van der Waals surface area contributed by atoms with Crippen LogP contribution < -0.4 is 5.32 Å². The van der Waals surface area contributed by atoms with Crippen LogP contribution in [-0.2, 0) is 21.1 Å². The Morgan fingerprint density at radius 2 is 1.82 bits per heavy atom. The zero-order chi connectivity index (χ0) is 16.9. The normalized spacial score (nSPS) is 13.2. The van der Waals surface area contributed by atoms with Crippen LogP contribution in [0.4, 0.5) is 0 Å². The first kappa shape index (κ1) is 18.7. The minimum atomic E-state index is -3.32. The molecule has 5 heteroatoms. The third-order valence-corrected chi connectivity index (χ3v) is 5.25. The molecule has 0 saturated heterocycles. The molecule has 1 unspecified atom stereocenters. The minimum Gasteiger partial charge on any atom is -0.352 e. The second-order valence-corrected chi connectivity index (χ2v) is 8.66. The number of amides is 1. The highest BCUT2D eigenvalue weighted by Gasteiger charge is 2.19. The Morgan fingerprint density at radius 3 is 2.36 bits per heavy atom. The standard InChI is InChI=1S/C17H27NO3S/c1-12(2)10-22(20,21)11-17(19)18-15(5)9-16-7-6-13(3)8-14(16)4/h6-8,12,15H,9-11H2,1-5H3,(H,18,19). The molecule has 1 aromatic carbocycles. The largest absolute Gasteiger partial charge is 0.352 e. The van der Waals surface area contributed by atoms with Crippen molar-refractivity contribution < 1.29 is 13.2 Å². The van der Waals surface area contributed by atoms with Crippen LogP contribution in [0.1, 0.15) is 37.5 Å². The smallest absolute Gasteiger partial charge is 0.235 e. The first-order chi connectivity index (χ1) is 10.1. The summed E-state index contributed by atoms with van der Waals surface area (Å²) in [6, 6.07) is 6.12. The minimum absolute atomic E-state index is 0.0328. The highest BCUT2D eigenvalue weighted by Crippen LogP contribution is 2.12. The molecule has 0 aliphatic heterocycles. The lowest BCUT2D eigenvalue weighted by Crippen LogP contribution is -2.38. The lowest BCUT2D eigenvalue weighted by Gasteiger charge is -2.16. The number of aryl methyl sites for hydroxylation is 2. The summed E-state index contributed by atoms with van der Waals surface area (Å²) in [5.41, 5.74) is 3.56. The van der Waals surface area contributed by atoms with Crippen molar-refractivity contribution in [1.29, 1.82) is 0 Å². The molecule has 0 fully saturated rings. The summed E-state index contributed by atoms with van der Waals surface area (Å²) in [6.07, 6.45) is 0.697. The summed E-state index contributed by atoms with van der Waals surface area (Å²) in [7, 11) is -3.32. The van der Waals surface area contributed by atoms with Gasteiger partial charge in [0, 0.05) is 6.04 Å². The zero-order valence-electron chi connectivity index (χ0n) is 14.1. The third kappa shape index (κ3) is 6.60. The number of carbonyl (C=O) groups is 1. The van der Waals surface area contributed by atoms with Gasteiger partial charge in [-0.15, -0.1) is 0 Å². The van der Waals surface area contributed by atoms with E-state index in [2.05, 4.69) is 17.4 Å². The van der Waals surface area contributed by atoms with Gasteiger partial charge < -0.3 is 5.32 Å². The van der Waals surface area contributed by atoms with E-state index in [1.165, 1.54) is 16.7 Å². The molecular weight excluding hydrogens is 298 g/mol. The highest BCUT2D eigenvalue weighted by molar-refractivity contribution is 7.92. The Kier molecular flexibility index (Phi) is 6.60. The van der Waals surface area contributed by atoms with Gasteiger partial charge in [0.15, 0.2) is 9.84 Å². The lowest BCUT2D eigenvalue weighted by molar-refractivity contribution is -0.119. The molecular formula is C17H27NO3S. The van der Waals surface area contributed by atoms with Gasteiger partial charge in [-0.25, -0.2) is 8.42 Å². The summed E-state index contributed by atoms with van der Waals surface area (Å²) >= 11 is 0. The molecule has 124 valence electrons. The van der Waals surface area contributed by atoms with E-state index in [1.807, 2.05) is 40.7 Å². The van der Waals surface area contributed by atoms with Gasteiger partial charge in [-0.1, -0.05) is 37.6 Å². The average molecular weight is 325 g/mol. The number of nitrogens with one attached hydrogen (secondary N) is 1. The van der Waals surface area contributed by atoms with Crippen LogP contribution in [0, 0.1) is 19.8 Å². The molecule has 22 heavy (non-hydrogen) atoms. The molecule has 4 nitrogen and oxygen atoms in total. The fraction of sp³-hybridized carbons (Fsp3) is 0.588. The van der Waals surface area contributed by atoms with Gasteiger partial charge in [-0.05, 0) is 44.2 Å². The Bertz CT molecular complexity index is 621. The highest BCUT2D eigenvalue weighted by atomic mass is 32.2. The van der Waals surface area contributed by atoms with Crippen molar-refractivity contribution in [3.63, 3.8) is 0 Å². The molecule has 0 heterocycles. The first-order valence-corrected chi connectivity index (χ1v) is 9.47. The van der Waals surface area contributed by atoms with Gasteiger partial charge in [0.1, 0.15) is 5.75 Å². The first-order valence-electron chi connectivity index (χ1n) is 7.65. The molecule has 1 N–H and O–H groups in total. The Hall–Kier alpha value is -1.36. The molecule has 0 bridgehead atoms. The molecule has 1 aromatic rings. The predicted molar refractivity (Wildman–Crippen MR) is 90.7 cm³/mol. The van der Waals surface area contributed by atoms with Gasteiger partial charge in [-0.2, -0.15) is 0 Å². The van der Waals surface area contributed by atoms with Crippen molar-refractivity contribution in [2.24, 2.45) is 5.92 Å². The van der Waals surface area contributed by atoms with E-state index in [4.69, 9.17) is 0 Å². The quantitative estimate of drug-likeness (QED) is 0.837. The molecule has 1 amide bonds. The molecule has 0 aliphatic carbocycles. The Labute approximate surface area is 134 Å². The van der Waals surface area contributed by atoms with Crippen LogP contribution in [-0.4, -0.2) is 31.9 Å². The van der Waals surface area contributed by atoms with Gasteiger partial charge in [0.25, 0.3) is 0 Å². The van der Waals surface area contributed by atoms with Crippen LogP contribution in [0.15, 0.2) is 18.2 Å². The van der Waals surface area contributed by atoms with E-state index in [0.717, 1.165) is 0 Å². The monoisotopic (exact) mass is 325 g/mol. The molecule has 0 saturated carbocycles.